The molecule has 0 radical (unpaired) electrons. The molecule has 1 N–H and O–H groups in total. The van der Waals surface area contributed by atoms with Gasteiger partial charge in [-0.1, -0.05) is 26.2 Å². The Balaban J connectivity index is 1.73. The summed E-state index contributed by atoms with van der Waals surface area (Å²) in [6.45, 7) is 5.63. The van der Waals surface area contributed by atoms with Crippen LogP contribution >= 0.6 is 0 Å². The minimum absolute atomic E-state index is 0.576. The number of hydrogen-bond acceptors (Lipinski definition) is 2. The Bertz CT molecular complexity index is 132. The van der Waals surface area contributed by atoms with Gasteiger partial charge >= 0.3 is 0 Å². The van der Waals surface area contributed by atoms with Crippen molar-refractivity contribution in [3.8, 4) is 0 Å². The van der Waals surface area contributed by atoms with Crippen LogP contribution in [0.3, 0.4) is 0 Å². The van der Waals surface area contributed by atoms with Crippen molar-refractivity contribution in [3.63, 3.8) is 0 Å². The van der Waals surface area contributed by atoms with Crippen LogP contribution in [-0.4, -0.2) is 25.8 Å². The molecular weight excluding hydrogens is 186 g/mol. The molecule has 1 heterocycles. The van der Waals surface area contributed by atoms with Crippen molar-refractivity contribution in [1.29, 1.82) is 0 Å². The maximum absolute atomic E-state index is 5.58. The highest BCUT2D eigenvalue weighted by atomic mass is 16.5. The molecule has 0 aromatic heterocycles. The molecule has 1 rings (SSSR count). The Labute approximate surface area is 94.8 Å². The number of rotatable bonds is 9. The Hall–Kier alpha value is -0.0800. The van der Waals surface area contributed by atoms with Crippen LogP contribution in [0.2, 0.25) is 0 Å². The smallest absolute Gasteiger partial charge is 0.0576 e. The zero-order valence-electron chi connectivity index (χ0n) is 10.3. The summed E-state index contributed by atoms with van der Waals surface area (Å²) >= 11 is 0. The molecule has 1 atom stereocenters. The van der Waals surface area contributed by atoms with E-state index >= 15 is 0 Å². The first-order valence-corrected chi connectivity index (χ1v) is 6.76. The molecule has 1 aliphatic rings. The molecular formula is C13H27NO. The highest BCUT2D eigenvalue weighted by molar-refractivity contribution is 4.65. The minimum atomic E-state index is 0.576. The predicted octanol–water partition coefficient (Wildman–Crippen LogP) is 3.12. The maximum Gasteiger partial charge on any atom is 0.0576 e. The van der Waals surface area contributed by atoms with Gasteiger partial charge in [0, 0.05) is 6.61 Å². The first-order chi connectivity index (χ1) is 7.43. The van der Waals surface area contributed by atoms with Crippen molar-refractivity contribution in [2.45, 2.75) is 64.4 Å². The van der Waals surface area contributed by atoms with Crippen LogP contribution in [0.4, 0.5) is 0 Å². The number of unbranched alkanes of at least 4 members (excludes halogenated alkanes) is 3. The molecule has 0 aliphatic carbocycles. The molecule has 2 nitrogen and oxygen atoms in total. The number of ether oxygens (including phenoxy) is 1. The molecule has 0 bridgehead atoms. The van der Waals surface area contributed by atoms with Gasteiger partial charge in [0.25, 0.3) is 0 Å². The Morgan fingerprint density at radius 2 is 2.00 bits per heavy atom. The highest BCUT2D eigenvalue weighted by Crippen LogP contribution is 2.16. The van der Waals surface area contributed by atoms with E-state index in [0.29, 0.717) is 6.10 Å². The summed E-state index contributed by atoms with van der Waals surface area (Å²) in [7, 11) is 0. The SMILES string of the molecule is CCCCCCNCCCC1CCCO1. The van der Waals surface area contributed by atoms with Gasteiger partial charge in [0.15, 0.2) is 0 Å². The molecule has 90 valence electrons. The van der Waals surface area contributed by atoms with E-state index in [1.807, 2.05) is 0 Å². The van der Waals surface area contributed by atoms with Gasteiger partial charge < -0.3 is 10.1 Å². The van der Waals surface area contributed by atoms with Gasteiger partial charge in [-0.25, -0.2) is 0 Å². The van der Waals surface area contributed by atoms with Crippen molar-refractivity contribution in [3.05, 3.63) is 0 Å². The molecule has 1 unspecified atom stereocenters. The summed E-state index contributed by atoms with van der Waals surface area (Å²) in [5.41, 5.74) is 0. The lowest BCUT2D eigenvalue weighted by molar-refractivity contribution is 0.102. The van der Waals surface area contributed by atoms with E-state index < -0.39 is 0 Å². The minimum Gasteiger partial charge on any atom is -0.378 e. The van der Waals surface area contributed by atoms with E-state index in [-0.39, 0.29) is 0 Å². The molecule has 0 spiro atoms. The highest BCUT2D eigenvalue weighted by Gasteiger charge is 2.13. The Morgan fingerprint density at radius 1 is 1.13 bits per heavy atom. The first-order valence-electron chi connectivity index (χ1n) is 6.76. The van der Waals surface area contributed by atoms with E-state index in [9.17, 15) is 0 Å². The molecule has 1 aliphatic heterocycles. The van der Waals surface area contributed by atoms with Gasteiger partial charge in [0.1, 0.15) is 0 Å². The van der Waals surface area contributed by atoms with E-state index in [0.717, 1.165) is 6.61 Å². The average Bonchev–Trinajstić information content (AvgIpc) is 2.75. The summed E-state index contributed by atoms with van der Waals surface area (Å²) in [6.07, 6.45) is 11.1. The summed E-state index contributed by atoms with van der Waals surface area (Å²) in [6, 6.07) is 0. The normalized spacial score (nSPS) is 21.0. The quantitative estimate of drug-likeness (QED) is 0.594. The maximum atomic E-state index is 5.58. The monoisotopic (exact) mass is 213 g/mol. The number of nitrogens with one attached hydrogen (secondary N) is 1. The Morgan fingerprint density at radius 3 is 2.73 bits per heavy atom. The zero-order valence-corrected chi connectivity index (χ0v) is 10.3. The van der Waals surface area contributed by atoms with E-state index in [4.69, 9.17) is 4.74 Å². The van der Waals surface area contributed by atoms with Crippen molar-refractivity contribution < 1.29 is 4.74 Å². The van der Waals surface area contributed by atoms with E-state index in [1.165, 1.54) is 64.5 Å². The fourth-order valence-corrected chi connectivity index (χ4v) is 2.13. The molecule has 0 aromatic carbocycles. The van der Waals surface area contributed by atoms with Crippen LogP contribution in [0.25, 0.3) is 0 Å². The first kappa shape index (κ1) is 13.0. The molecule has 0 amide bonds. The summed E-state index contributed by atoms with van der Waals surface area (Å²) in [5.74, 6) is 0. The second-order valence-corrected chi connectivity index (χ2v) is 4.59. The lowest BCUT2D eigenvalue weighted by atomic mass is 10.1. The fourth-order valence-electron chi connectivity index (χ4n) is 2.13. The number of hydrogen-bond donors (Lipinski definition) is 1. The third-order valence-electron chi connectivity index (χ3n) is 3.11. The second kappa shape index (κ2) is 9.17. The standard InChI is InChI=1S/C13H27NO/c1-2-3-4-5-10-14-11-6-8-13-9-7-12-15-13/h13-14H,2-12H2,1H3. The molecule has 1 saturated heterocycles. The van der Waals surface area contributed by atoms with Gasteiger partial charge in [0.05, 0.1) is 6.10 Å². The van der Waals surface area contributed by atoms with Crippen molar-refractivity contribution in [2.24, 2.45) is 0 Å². The molecule has 15 heavy (non-hydrogen) atoms. The van der Waals surface area contributed by atoms with Gasteiger partial charge in [-0.3, -0.25) is 0 Å². The van der Waals surface area contributed by atoms with E-state index in [2.05, 4.69) is 12.2 Å². The summed E-state index contributed by atoms with van der Waals surface area (Å²) in [5, 5.41) is 3.51. The van der Waals surface area contributed by atoms with Crippen molar-refractivity contribution >= 4 is 0 Å². The largest absolute Gasteiger partial charge is 0.378 e. The van der Waals surface area contributed by atoms with E-state index in [1.54, 1.807) is 0 Å². The average molecular weight is 213 g/mol. The van der Waals surface area contributed by atoms with Gasteiger partial charge in [-0.05, 0) is 45.2 Å². The molecule has 1 fully saturated rings. The van der Waals surface area contributed by atoms with Crippen LogP contribution in [0.15, 0.2) is 0 Å². The molecule has 0 aromatic rings. The Kier molecular flexibility index (Phi) is 7.94. The van der Waals surface area contributed by atoms with Crippen LogP contribution in [0.1, 0.15) is 58.3 Å². The van der Waals surface area contributed by atoms with Crippen LogP contribution in [-0.2, 0) is 4.74 Å². The third kappa shape index (κ3) is 6.91. The molecule has 2 heteroatoms. The lowest BCUT2D eigenvalue weighted by Crippen LogP contribution is -2.18. The van der Waals surface area contributed by atoms with Gasteiger partial charge in [-0.15, -0.1) is 0 Å². The van der Waals surface area contributed by atoms with Crippen molar-refractivity contribution in [1.82, 2.24) is 5.32 Å². The molecule has 0 saturated carbocycles. The summed E-state index contributed by atoms with van der Waals surface area (Å²) < 4.78 is 5.58. The van der Waals surface area contributed by atoms with Gasteiger partial charge in [0.2, 0.25) is 0 Å². The topological polar surface area (TPSA) is 21.3 Å². The lowest BCUT2D eigenvalue weighted by Gasteiger charge is -2.09. The zero-order chi connectivity index (χ0) is 10.8. The third-order valence-corrected chi connectivity index (χ3v) is 3.11. The van der Waals surface area contributed by atoms with Crippen molar-refractivity contribution in [2.75, 3.05) is 19.7 Å². The van der Waals surface area contributed by atoms with Crippen LogP contribution in [0.5, 0.6) is 0 Å². The summed E-state index contributed by atoms with van der Waals surface area (Å²) in [4.78, 5) is 0. The predicted molar refractivity (Wildman–Crippen MR) is 65.2 cm³/mol. The van der Waals surface area contributed by atoms with Crippen LogP contribution in [0, 0.1) is 0 Å². The fraction of sp³-hybridized carbons (Fsp3) is 1.00. The second-order valence-electron chi connectivity index (χ2n) is 4.59. The van der Waals surface area contributed by atoms with Crippen LogP contribution < -0.4 is 5.32 Å². The van der Waals surface area contributed by atoms with Gasteiger partial charge in [-0.2, -0.15) is 0 Å².